The summed E-state index contributed by atoms with van der Waals surface area (Å²) >= 11 is 0. The van der Waals surface area contributed by atoms with Crippen LogP contribution >= 0.6 is 0 Å². The predicted octanol–water partition coefficient (Wildman–Crippen LogP) is 4.73. The Balaban J connectivity index is 1.74. The van der Waals surface area contributed by atoms with Crippen LogP contribution in [0, 0.1) is 26.7 Å². The number of amides is 1. The first-order chi connectivity index (χ1) is 13.4. The molecule has 4 nitrogen and oxygen atoms in total. The Kier molecular flexibility index (Phi) is 4.96. The summed E-state index contributed by atoms with van der Waals surface area (Å²) in [7, 11) is 0. The van der Waals surface area contributed by atoms with Gasteiger partial charge in [-0.2, -0.15) is 0 Å². The third-order valence-electron chi connectivity index (χ3n) is 6.12. The van der Waals surface area contributed by atoms with Gasteiger partial charge in [0.2, 0.25) is 5.91 Å². The molecule has 0 N–H and O–H groups in total. The highest BCUT2D eigenvalue weighted by Gasteiger charge is 2.24. The largest absolute Gasteiger partial charge is 0.342 e. The quantitative estimate of drug-likeness (QED) is 0.664. The van der Waals surface area contributed by atoms with E-state index in [0.29, 0.717) is 12.3 Å². The Morgan fingerprint density at radius 3 is 2.54 bits per heavy atom. The average molecular weight is 376 g/mol. The number of aromatic nitrogens is 2. The van der Waals surface area contributed by atoms with Gasteiger partial charge in [-0.15, -0.1) is 0 Å². The summed E-state index contributed by atoms with van der Waals surface area (Å²) in [5, 5.41) is 0. The number of fused-ring (bicyclic) bond motifs is 1. The number of benzene rings is 1. The van der Waals surface area contributed by atoms with E-state index >= 15 is 0 Å². The maximum atomic E-state index is 13.1. The van der Waals surface area contributed by atoms with Crippen molar-refractivity contribution in [3.8, 4) is 11.3 Å². The van der Waals surface area contributed by atoms with Crippen molar-refractivity contribution in [2.45, 2.75) is 47.0 Å². The molecular formula is C24H29N3O. The van der Waals surface area contributed by atoms with Crippen LogP contribution in [0.3, 0.4) is 0 Å². The number of imidazole rings is 1. The molecule has 0 atom stereocenters. The number of rotatable bonds is 3. The molecule has 3 heterocycles. The maximum Gasteiger partial charge on any atom is 0.228 e. The van der Waals surface area contributed by atoms with Crippen LogP contribution in [0.2, 0.25) is 0 Å². The summed E-state index contributed by atoms with van der Waals surface area (Å²) in [6, 6.07) is 10.6. The second-order valence-electron chi connectivity index (χ2n) is 8.38. The molecule has 0 radical (unpaired) electrons. The van der Waals surface area contributed by atoms with Crippen molar-refractivity contribution in [2.75, 3.05) is 13.1 Å². The van der Waals surface area contributed by atoms with Crippen molar-refractivity contribution in [2.24, 2.45) is 5.92 Å². The van der Waals surface area contributed by atoms with Gasteiger partial charge in [-0.05, 0) is 74.4 Å². The lowest BCUT2D eigenvalue weighted by Gasteiger charge is -2.30. The smallest absolute Gasteiger partial charge is 0.228 e. The zero-order valence-electron chi connectivity index (χ0n) is 17.3. The van der Waals surface area contributed by atoms with E-state index in [2.05, 4.69) is 62.4 Å². The van der Waals surface area contributed by atoms with E-state index in [9.17, 15) is 4.79 Å². The summed E-state index contributed by atoms with van der Waals surface area (Å²) < 4.78 is 2.09. The van der Waals surface area contributed by atoms with Crippen LogP contribution in [0.15, 0.2) is 36.5 Å². The number of hydrogen-bond donors (Lipinski definition) is 0. The van der Waals surface area contributed by atoms with Crippen molar-refractivity contribution in [3.05, 3.63) is 58.9 Å². The molecule has 1 fully saturated rings. The van der Waals surface area contributed by atoms with Gasteiger partial charge in [0, 0.05) is 24.8 Å². The minimum atomic E-state index is 0.208. The number of piperidine rings is 1. The molecule has 0 saturated carbocycles. The summed E-state index contributed by atoms with van der Waals surface area (Å²) in [6.07, 6.45) is 4.63. The second-order valence-corrected chi connectivity index (χ2v) is 8.38. The SMILES string of the molecule is Cc1ccn2c(CC(=O)N3CCC(C)CC3)c(-c3ccc(C)c(C)c3)nc2c1. The molecule has 1 saturated heterocycles. The number of likely N-dealkylation sites (tertiary alicyclic amines) is 1. The molecule has 1 aromatic carbocycles. The van der Waals surface area contributed by atoms with Crippen LogP contribution in [-0.2, 0) is 11.2 Å². The summed E-state index contributed by atoms with van der Waals surface area (Å²) in [4.78, 5) is 20.0. The highest BCUT2D eigenvalue weighted by molar-refractivity contribution is 5.82. The van der Waals surface area contributed by atoms with Crippen LogP contribution in [0.25, 0.3) is 16.9 Å². The van der Waals surface area contributed by atoms with Crippen molar-refractivity contribution in [1.82, 2.24) is 14.3 Å². The molecule has 4 heteroatoms. The topological polar surface area (TPSA) is 37.6 Å². The molecule has 1 amide bonds. The lowest BCUT2D eigenvalue weighted by atomic mass is 9.98. The van der Waals surface area contributed by atoms with Gasteiger partial charge in [-0.1, -0.05) is 19.1 Å². The highest BCUT2D eigenvalue weighted by atomic mass is 16.2. The fourth-order valence-electron chi connectivity index (χ4n) is 4.00. The summed E-state index contributed by atoms with van der Waals surface area (Å²) in [6.45, 7) is 10.3. The Hall–Kier alpha value is -2.62. The van der Waals surface area contributed by atoms with Crippen LogP contribution < -0.4 is 0 Å². The van der Waals surface area contributed by atoms with E-state index in [1.54, 1.807) is 0 Å². The van der Waals surface area contributed by atoms with Crippen LogP contribution in [0.1, 0.15) is 42.1 Å². The Morgan fingerprint density at radius 1 is 1.07 bits per heavy atom. The summed E-state index contributed by atoms with van der Waals surface area (Å²) in [5.74, 6) is 0.924. The van der Waals surface area contributed by atoms with E-state index in [4.69, 9.17) is 4.98 Å². The highest BCUT2D eigenvalue weighted by Crippen LogP contribution is 2.28. The van der Waals surface area contributed by atoms with Gasteiger partial charge in [-0.25, -0.2) is 4.98 Å². The molecule has 3 aromatic rings. The first-order valence-corrected chi connectivity index (χ1v) is 10.3. The predicted molar refractivity (Wildman–Crippen MR) is 114 cm³/mol. The fraction of sp³-hybridized carbons (Fsp3) is 0.417. The third-order valence-corrected chi connectivity index (χ3v) is 6.12. The zero-order valence-corrected chi connectivity index (χ0v) is 17.3. The van der Waals surface area contributed by atoms with E-state index < -0.39 is 0 Å². The molecule has 0 spiro atoms. The standard InChI is InChI=1S/C24H29N3O/c1-16-7-10-26(11-8-16)23(28)15-21-24(20-6-5-18(3)19(4)14-20)25-22-13-17(2)9-12-27(21)22/h5-6,9,12-14,16H,7-8,10-11,15H2,1-4H3. The normalized spacial score (nSPS) is 15.4. The van der Waals surface area contributed by atoms with Gasteiger partial charge in [0.1, 0.15) is 5.65 Å². The van der Waals surface area contributed by atoms with Crippen LogP contribution in [0.5, 0.6) is 0 Å². The minimum absolute atomic E-state index is 0.208. The molecule has 4 rings (SSSR count). The van der Waals surface area contributed by atoms with Gasteiger partial charge in [0.15, 0.2) is 0 Å². The molecule has 1 aliphatic heterocycles. The first-order valence-electron chi connectivity index (χ1n) is 10.3. The number of carbonyl (C=O) groups excluding carboxylic acids is 1. The lowest BCUT2D eigenvalue weighted by molar-refractivity contribution is -0.131. The van der Waals surface area contributed by atoms with Crippen LogP contribution in [-0.4, -0.2) is 33.3 Å². The summed E-state index contributed by atoms with van der Waals surface area (Å²) in [5.41, 5.74) is 7.58. The van der Waals surface area contributed by atoms with Crippen molar-refractivity contribution in [3.63, 3.8) is 0 Å². The monoisotopic (exact) mass is 375 g/mol. The maximum absolute atomic E-state index is 13.1. The molecule has 0 unspecified atom stereocenters. The number of carbonyl (C=O) groups is 1. The average Bonchev–Trinajstić information content (AvgIpc) is 3.02. The Labute approximate surface area is 167 Å². The van der Waals surface area contributed by atoms with Crippen molar-refractivity contribution in [1.29, 1.82) is 0 Å². The van der Waals surface area contributed by atoms with Gasteiger partial charge in [-0.3, -0.25) is 4.79 Å². The molecule has 28 heavy (non-hydrogen) atoms. The first kappa shape index (κ1) is 18.7. The molecule has 1 aliphatic rings. The second kappa shape index (κ2) is 7.42. The van der Waals surface area contributed by atoms with E-state index in [1.165, 1.54) is 16.7 Å². The van der Waals surface area contributed by atoms with Crippen molar-refractivity contribution < 1.29 is 4.79 Å². The number of pyridine rings is 1. The molecular weight excluding hydrogens is 346 g/mol. The van der Waals surface area contributed by atoms with Crippen molar-refractivity contribution >= 4 is 11.6 Å². The fourth-order valence-corrected chi connectivity index (χ4v) is 4.00. The molecule has 146 valence electrons. The number of nitrogens with zero attached hydrogens (tertiary/aromatic N) is 3. The van der Waals surface area contributed by atoms with Crippen LogP contribution in [0.4, 0.5) is 0 Å². The number of hydrogen-bond acceptors (Lipinski definition) is 2. The van der Waals surface area contributed by atoms with Gasteiger partial charge in [0.05, 0.1) is 17.8 Å². The molecule has 0 bridgehead atoms. The minimum Gasteiger partial charge on any atom is -0.342 e. The molecule has 2 aromatic heterocycles. The Bertz CT molecular complexity index is 1030. The van der Waals surface area contributed by atoms with E-state index in [0.717, 1.165) is 48.5 Å². The molecule has 0 aliphatic carbocycles. The van der Waals surface area contributed by atoms with E-state index in [-0.39, 0.29) is 5.91 Å². The van der Waals surface area contributed by atoms with Gasteiger partial charge < -0.3 is 9.30 Å². The Morgan fingerprint density at radius 2 is 1.82 bits per heavy atom. The zero-order chi connectivity index (χ0) is 19.8. The third kappa shape index (κ3) is 3.56. The lowest BCUT2D eigenvalue weighted by Crippen LogP contribution is -2.39. The van der Waals surface area contributed by atoms with Gasteiger partial charge >= 0.3 is 0 Å². The van der Waals surface area contributed by atoms with E-state index in [1.807, 2.05) is 11.1 Å². The van der Waals surface area contributed by atoms with Gasteiger partial charge in [0.25, 0.3) is 0 Å². The number of aryl methyl sites for hydroxylation is 3.